The van der Waals surface area contributed by atoms with Crippen LogP contribution in [0.5, 0.6) is 0 Å². The van der Waals surface area contributed by atoms with Gasteiger partial charge in [-0.25, -0.2) is 0 Å². The standard InChI is InChI=1S/C3H4N2S.C3H8/c1-3-2-4-5-6-3;1-3-2/h2H,1H3;3H2,1-2H3. The van der Waals surface area contributed by atoms with E-state index in [1.165, 1.54) is 18.0 Å². The molecule has 0 spiro atoms. The van der Waals surface area contributed by atoms with Crippen LogP contribution in [-0.2, 0) is 0 Å². The summed E-state index contributed by atoms with van der Waals surface area (Å²) in [6.45, 7) is 6.23. The lowest BCUT2D eigenvalue weighted by Crippen LogP contribution is -1.52. The molecule has 0 saturated carbocycles. The minimum absolute atomic E-state index is 1.16. The van der Waals surface area contributed by atoms with Crippen molar-refractivity contribution in [2.75, 3.05) is 0 Å². The van der Waals surface area contributed by atoms with Crippen molar-refractivity contribution in [3.05, 3.63) is 11.1 Å². The molecule has 0 fully saturated rings. The normalized spacial score (nSPS) is 7.89. The van der Waals surface area contributed by atoms with E-state index in [-0.39, 0.29) is 0 Å². The summed E-state index contributed by atoms with van der Waals surface area (Å²) in [4.78, 5) is 1.16. The molecule has 1 heterocycles. The van der Waals surface area contributed by atoms with Crippen LogP contribution in [0, 0.1) is 6.92 Å². The second-order valence-corrected chi connectivity index (χ2v) is 2.73. The molecule has 0 N–H and O–H groups in total. The Bertz CT molecular complexity index is 126. The van der Waals surface area contributed by atoms with Crippen molar-refractivity contribution >= 4 is 11.5 Å². The van der Waals surface area contributed by atoms with Crippen LogP contribution in [0.15, 0.2) is 6.20 Å². The fourth-order valence-electron chi connectivity index (χ4n) is 0.216. The lowest BCUT2D eigenvalue weighted by molar-refractivity contribution is 1.09. The molecule has 0 bridgehead atoms. The van der Waals surface area contributed by atoms with Crippen LogP contribution >= 0.6 is 11.5 Å². The fourth-order valence-corrected chi connectivity index (χ4v) is 0.534. The molecule has 0 aliphatic carbocycles. The molecule has 1 aromatic rings. The second-order valence-electron chi connectivity index (χ2n) is 1.74. The van der Waals surface area contributed by atoms with Gasteiger partial charge in [-0.1, -0.05) is 24.8 Å². The average molecular weight is 144 g/mol. The van der Waals surface area contributed by atoms with Gasteiger partial charge in [-0.2, -0.15) is 0 Å². The Labute approximate surface area is 60.1 Å². The molecular weight excluding hydrogens is 132 g/mol. The average Bonchev–Trinajstić information content (AvgIpc) is 2.20. The predicted molar refractivity (Wildman–Crippen MR) is 40.6 cm³/mol. The van der Waals surface area contributed by atoms with Gasteiger partial charge in [0.2, 0.25) is 0 Å². The highest BCUT2D eigenvalue weighted by atomic mass is 32.1. The summed E-state index contributed by atoms with van der Waals surface area (Å²) in [5.41, 5.74) is 0. The number of rotatable bonds is 0. The summed E-state index contributed by atoms with van der Waals surface area (Å²) in [6, 6.07) is 0. The molecular formula is C6H12N2S. The Morgan fingerprint density at radius 1 is 1.56 bits per heavy atom. The van der Waals surface area contributed by atoms with Crippen molar-refractivity contribution < 1.29 is 0 Å². The van der Waals surface area contributed by atoms with Crippen molar-refractivity contribution in [3.63, 3.8) is 0 Å². The summed E-state index contributed by atoms with van der Waals surface area (Å²) in [7, 11) is 0. The minimum atomic E-state index is 1.16. The van der Waals surface area contributed by atoms with Gasteiger partial charge in [0, 0.05) is 4.88 Å². The van der Waals surface area contributed by atoms with E-state index in [1.54, 1.807) is 6.20 Å². The maximum Gasteiger partial charge on any atom is 0.0650 e. The topological polar surface area (TPSA) is 25.8 Å². The largest absolute Gasteiger partial charge is 0.146 e. The number of nitrogens with zero attached hydrogens (tertiary/aromatic N) is 2. The van der Waals surface area contributed by atoms with Gasteiger partial charge in [-0.15, -0.1) is 5.10 Å². The van der Waals surface area contributed by atoms with E-state index in [9.17, 15) is 0 Å². The predicted octanol–water partition coefficient (Wildman–Crippen LogP) is 2.26. The molecule has 0 aliphatic rings. The van der Waals surface area contributed by atoms with Crippen molar-refractivity contribution in [2.45, 2.75) is 27.2 Å². The summed E-state index contributed by atoms with van der Waals surface area (Å²) in [5.74, 6) is 0. The summed E-state index contributed by atoms with van der Waals surface area (Å²) < 4.78 is 3.61. The van der Waals surface area contributed by atoms with E-state index in [1.807, 2.05) is 6.92 Å². The van der Waals surface area contributed by atoms with E-state index in [2.05, 4.69) is 23.4 Å². The molecule has 52 valence electrons. The van der Waals surface area contributed by atoms with Gasteiger partial charge in [-0.05, 0) is 18.5 Å². The molecule has 9 heavy (non-hydrogen) atoms. The van der Waals surface area contributed by atoms with E-state index in [0.29, 0.717) is 0 Å². The smallest absolute Gasteiger partial charge is 0.0650 e. The molecule has 1 rings (SSSR count). The van der Waals surface area contributed by atoms with Crippen molar-refractivity contribution in [1.29, 1.82) is 0 Å². The molecule has 0 unspecified atom stereocenters. The first-order valence-corrected chi connectivity index (χ1v) is 3.82. The Kier molecular flexibility index (Phi) is 5.41. The third-order valence-electron chi connectivity index (χ3n) is 0.471. The zero-order chi connectivity index (χ0) is 7.11. The maximum absolute atomic E-state index is 3.61. The van der Waals surface area contributed by atoms with Crippen LogP contribution in [0.3, 0.4) is 0 Å². The molecule has 0 radical (unpaired) electrons. The number of aromatic nitrogens is 2. The highest BCUT2D eigenvalue weighted by Gasteiger charge is 1.78. The zero-order valence-electron chi connectivity index (χ0n) is 6.09. The lowest BCUT2D eigenvalue weighted by atomic mass is 10.6. The molecule has 0 aromatic carbocycles. The first-order valence-electron chi connectivity index (χ1n) is 3.05. The highest BCUT2D eigenvalue weighted by Crippen LogP contribution is 1.94. The zero-order valence-corrected chi connectivity index (χ0v) is 6.90. The third-order valence-corrected chi connectivity index (χ3v) is 1.04. The first kappa shape index (κ1) is 8.56. The summed E-state index contributed by atoms with van der Waals surface area (Å²) in [6.07, 6.45) is 2.99. The van der Waals surface area contributed by atoms with Crippen molar-refractivity contribution in [1.82, 2.24) is 9.59 Å². The number of aryl methyl sites for hydroxylation is 1. The Balaban J connectivity index is 0.000000187. The van der Waals surface area contributed by atoms with Gasteiger partial charge >= 0.3 is 0 Å². The van der Waals surface area contributed by atoms with Crippen molar-refractivity contribution in [2.24, 2.45) is 0 Å². The van der Waals surface area contributed by atoms with Crippen LogP contribution in [0.4, 0.5) is 0 Å². The molecule has 1 aromatic heterocycles. The van der Waals surface area contributed by atoms with Crippen LogP contribution < -0.4 is 0 Å². The summed E-state index contributed by atoms with van der Waals surface area (Å²) in [5, 5.41) is 3.59. The first-order chi connectivity index (χ1) is 4.31. The van der Waals surface area contributed by atoms with Gasteiger partial charge in [0.1, 0.15) is 0 Å². The van der Waals surface area contributed by atoms with E-state index in [0.717, 1.165) is 4.88 Å². The van der Waals surface area contributed by atoms with Gasteiger partial charge in [-0.3, -0.25) is 0 Å². The number of hydrogen-bond donors (Lipinski definition) is 0. The van der Waals surface area contributed by atoms with E-state index < -0.39 is 0 Å². The fraction of sp³-hybridized carbons (Fsp3) is 0.667. The SMILES string of the molecule is CCC.Cc1cnns1. The summed E-state index contributed by atoms with van der Waals surface area (Å²) >= 11 is 1.42. The van der Waals surface area contributed by atoms with Crippen molar-refractivity contribution in [3.8, 4) is 0 Å². The van der Waals surface area contributed by atoms with Gasteiger partial charge in [0.05, 0.1) is 6.20 Å². The minimum Gasteiger partial charge on any atom is -0.146 e. The molecule has 0 aliphatic heterocycles. The monoisotopic (exact) mass is 144 g/mol. The van der Waals surface area contributed by atoms with Crippen LogP contribution in [-0.4, -0.2) is 9.59 Å². The Morgan fingerprint density at radius 2 is 2.11 bits per heavy atom. The van der Waals surface area contributed by atoms with Gasteiger partial charge < -0.3 is 0 Å². The van der Waals surface area contributed by atoms with E-state index in [4.69, 9.17) is 0 Å². The molecule has 0 saturated heterocycles. The molecule has 0 atom stereocenters. The molecule has 0 amide bonds. The van der Waals surface area contributed by atoms with Crippen LogP contribution in [0.2, 0.25) is 0 Å². The van der Waals surface area contributed by atoms with Crippen LogP contribution in [0.1, 0.15) is 25.1 Å². The quantitative estimate of drug-likeness (QED) is 0.558. The van der Waals surface area contributed by atoms with Crippen LogP contribution in [0.25, 0.3) is 0 Å². The maximum atomic E-state index is 3.61. The second kappa shape index (κ2) is 5.69. The van der Waals surface area contributed by atoms with Gasteiger partial charge in [0.25, 0.3) is 0 Å². The lowest BCUT2D eigenvalue weighted by Gasteiger charge is -1.60. The third kappa shape index (κ3) is 5.43. The molecule has 2 nitrogen and oxygen atoms in total. The van der Waals surface area contributed by atoms with E-state index >= 15 is 0 Å². The Hall–Kier alpha value is -0.440. The molecule has 3 heteroatoms. The number of hydrogen-bond acceptors (Lipinski definition) is 3. The van der Waals surface area contributed by atoms with Gasteiger partial charge in [0.15, 0.2) is 0 Å². The Morgan fingerprint density at radius 3 is 2.22 bits per heavy atom. The highest BCUT2D eigenvalue weighted by molar-refractivity contribution is 7.05.